The Balaban J connectivity index is 1.92. The molecule has 0 aromatic carbocycles. The monoisotopic (exact) mass is 219 g/mol. The Kier molecular flexibility index (Phi) is 3.04. The van der Waals surface area contributed by atoms with E-state index in [4.69, 9.17) is 0 Å². The van der Waals surface area contributed by atoms with Crippen molar-refractivity contribution < 1.29 is 4.79 Å². The first kappa shape index (κ1) is 9.79. The van der Waals surface area contributed by atoms with Crippen molar-refractivity contribution in [1.29, 1.82) is 0 Å². The quantitative estimate of drug-likeness (QED) is 0.850. The summed E-state index contributed by atoms with van der Waals surface area (Å²) < 4.78 is 3.87. The Morgan fingerprint density at radius 3 is 3.00 bits per heavy atom. The number of hydrogen-bond donors (Lipinski definition) is 1. The molecule has 0 spiro atoms. The van der Waals surface area contributed by atoms with Crippen LogP contribution in [0.4, 0.5) is 0 Å². The van der Waals surface area contributed by atoms with Gasteiger partial charge in [-0.3, -0.25) is 9.78 Å². The average molecular weight is 219 g/mol. The molecule has 5 heteroatoms. The highest BCUT2D eigenvalue weighted by Gasteiger charge is 2.05. The van der Waals surface area contributed by atoms with Crippen LogP contribution in [0.3, 0.4) is 0 Å². The van der Waals surface area contributed by atoms with E-state index in [0.29, 0.717) is 11.4 Å². The number of hydrogen-bond acceptors (Lipinski definition) is 4. The van der Waals surface area contributed by atoms with Gasteiger partial charge in [0.2, 0.25) is 0 Å². The molecule has 0 bridgehead atoms. The minimum absolute atomic E-state index is 0.0960. The molecular formula is C10H9N3OS. The van der Waals surface area contributed by atoms with Gasteiger partial charge in [0.25, 0.3) is 5.91 Å². The predicted octanol–water partition coefficient (Wildman–Crippen LogP) is 1.47. The summed E-state index contributed by atoms with van der Waals surface area (Å²) in [5, 5.41) is 2.79. The van der Waals surface area contributed by atoms with Crippen LogP contribution in [-0.2, 0) is 6.54 Å². The van der Waals surface area contributed by atoms with E-state index in [9.17, 15) is 4.79 Å². The smallest absolute Gasteiger partial charge is 0.263 e. The van der Waals surface area contributed by atoms with Crippen LogP contribution in [0.1, 0.15) is 15.2 Å². The molecule has 2 aromatic rings. The van der Waals surface area contributed by atoms with Crippen LogP contribution < -0.4 is 5.32 Å². The summed E-state index contributed by atoms with van der Waals surface area (Å²) in [6.07, 6.45) is 5.05. The number of aromatic nitrogens is 2. The average Bonchev–Trinajstić information content (AvgIpc) is 2.81. The Bertz CT molecular complexity index is 427. The number of pyridine rings is 1. The highest BCUT2D eigenvalue weighted by Crippen LogP contribution is 2.04. The minimum atomic E-state index is -0.0960. The largest absolute Gasteiger partial charge is 0.347 e. The van der Waals surface area contributed by atoms with Crippen molar-refractivity contribution in [1.82, 2.24) is 14.7 Å². The molecule has 1 amide bonds. The number of nitrogens with zero attached hydrogens (tertiary/aromatic N) is 2. The van der Waals surface area contributed by atoms with Gasteiger partial charge in [0.1, 0.15) is 4.88 Å². The van der Waals surface area contributed by atoms with Crippen molar-refractivity contribution in [2.24, 2.45) is 0 Å². The summed E-state index contributed by atoms with van der Waals surface area (Å²) in [6, 6.07) is 5.46. The number of amides is 1. The van der Waals surface area contributed by atoms with Gasteiger partial charge in [-0.1, -0.05) is 6.07 Å². The molecule has 1 N–H and O–H groups in total. The molecule has 2 heterocycles. The minimum Gasteiger partial charge on any atom is -0.347 e. The lowest BCUT2D eigenvalue weighted by Gasteiger charge is -2.02. The third kappa shape index (κ3) is 2.60. The first-order valence-corrected chi connectivity index (χ1v) is 5.21. The second-order valence-corrected chi connectivity index (χ2v) is 3.75. The molecule has 76 valence electrons. The van der Waals surface area contributed by atoms with E-state index in [-0.39, 0.29) is 5.91 Å². The molecule has 2 rings (SSSR count). The SMILES string of the molecule is O=C(NCc1cccnc1)c1ccns1. The fourth-order valence-electron chi connectivity index (χ4n) is 1.11. The molecule has 0 aliphatic carbocycles. The zero-order chi connectivity index (χ0) is 10.5. The maximum Gasteiger partial charge on any atom is 0.263 e. The first-order valence-electron chi connectivity index (χ1n) is 4.44. The number of carbonyl (C=O) groups is 1. The second-order valence-electron chi connectivity index (χ2n) is 2.92. The zero-order valence-electron chi connectivity index (χ0n) is 7.88. The van der Waals surface area contributed by atoms with Crippen LogP contribution in [0.2, 0.25) is 0 Å². The molecule has 0 radical (unpaired) electrons. The second kappa shape index (κ2) is 4.65. The highest BCUT2D eigenvalue weighted by atomic mass is 32.1. The molecule has 0 saturated carbocycles. The molecule has 4 nitrogen and oxygen atoms in total. The van der Waals surface area contributed by atoms with Gasteiger partial charge in [0.05, 0.1) is 0 Å². The lowest BCUT2D eigenvalue weighted by atomic mass is 10.3. The van der Waals surface area contributed by atoms with E-state index in [1.165, 1.54) is 11.5 Å². The van der Waals surface area contributed by atoms with E-state index >= 15 is 0 Å². The molecule has 0 saturated heterocycles. The van der Waals surface area contributed by atoms with Crippen molar-refractivity contribution in [3.63, 3.8) is 0 Å². The summed E-state index contributed by atoms with van der Waals surface area (Å²) in [6.45, 7) is 0.491. The van der Waals surface area contributed by atoms with Crippen LogP contribution in [-0.4, -0.2) is 15.3 Å². The van der Waals surface area contributed by atoms with Crippen LogP contribution in [0, 0.1) is 0 Å². The Labute approximate surface area is 91.2 Å². The van der Waals surface area contributed by atoms with Gasteiger partial charge >= 0.3 is 0 Å². The van der Waals surface area contributed by atoms with Crippen molar-refractivity contribution >= 4 is 17.4 Å². The Hall–Kier alpha value is -1.75. The number of rotatable bonds is 3. The lowest BCUT2D eigenvalue weighted by molar-refractivity contribution is 0.0955. The summed E-state index contributed by atoms with van der Waals surface area (Å²) in [4.78, 5) is 16.1. The van der Waals surface area contributed by atoms with Crippen molar-refractivity contribution in [2.75, 3.05) is 0 Å². The topological polar surface area (TPSA) is 54.9 Å². The summed E-state index contributed by atoms with van der Waals surface area (Å²) in [7, 11) is 0. The van der Waals surface area contributed by atoms with Crippen molar-refractivity contribution in [3.8, 4) is 0 Å². The Morgan fingerprint density at radius 1 is 1.40 bits per heavy atom. The van der Waals surface area contributed by atoms with Gasteiger partial charge in [0.15, 0.2) is 0 Å². The van der Waals surface area contributed by atoms with Crippen LogP contribution in [0.25, 0.3) is 0 Å². The van der Waals surface area contributed by atoms with E-state index in [1.807, 2.05) is 12.1 Å². The summed E-state index contributed by atoms with van der Waals surface area (Å²) in [5.41, 5.74) is 0.982. The molecule has 0 aliphatic heterocycles. The molecule has 0 fully saturated rings. The van der Waals surface area contributed by atoms with Gasteiger partial charge in [0, 0.05) is 25.1 Å². The third-order valence-corrected chi connectivity index (χ3v) is 2.58. The van der Waals surface area contributed by atoms with Gasteiger partial charge in [-0.25, -0.2) is 4.37 Å². The Morgan fingerprint density at radius 2 is 2.33 bits per heavy atom. The van der Waals surface area contributed by atoms with E-state index < -0.39 is 0 Å². The number of nitrogens with one attached hydrogen (secondary N) is 1. The van der Waals surface area contributed by atoms with Gasteiger partial charge in [-0.2, -0.15) is 0 Å². The fraction of sp³-hybridized carbons (Fsp3) is 0.100. The molecule has 0 unspecified atom stereocenters. The van der Waals surface area contributed by atoms with Gasteiger partial charge in [-0.15, -0.1) is 0 Å². The maximum atomic E-state index is 11.5. The predicted molar refractivity (Wildman–Crippen MR) is 57.5 cm³/mol. The standard InChI is InChI=1S/C10H9N3OS/c14-10(9-3-5-13-15-9)12-7-8-2-1-4-11-6-8/h1-6H,7H2,(H,12,14). The van der Waals surface area contributed by atoms with Crippen molar-refractivity contribution in [3.05, 3.63) is 47.2 Å². The van der Waals surface area contributed by atoms with Gasteiger partial charge in [-0.05, 0) is 29.2 Å². The molecule has 0 atom stereocenters. The normalized spacial score (nSPS) is 9.87. The first-order chi connectivity index (χ1) is 7.36. The molecule has 0 aliphatic rings. The van der Waals surface area contributed by atoms with Crippen LogP contribution in [0.15, 0.2) is 36.8 Å². The summed E-state index contributed by atoms with van der Waals surface area (Å²) in [5.74, 6) is -0.0960. The fourth-order valence-corrected chi connectivity index (χ4v) is 1.62. The van der Waals surface area contributed by atoms with E-state index in [0.717, 1.165) is 5.56 Å². The van der Waals surface area contributed by atoms with Crippen molar-refractivity contribution in [2.45, 2.75) is 6.54 Å². The van der Waals surface area contributed by atoms with Crippen LogP contribution in [0.5, 0.6) is 0 Å². The number of carbonyl (C=O) groups excluding carboxylic acids is 1. The van der Waals surface area contributed by atoms with Crippen LogP contribution >= 0.6 is 11.5 Å². The summed E-state index contributed by atoms with van der Waals surface area (Å²) >= 11 is 1.19. The van der Waals surface area contributed by atoms with Gasteiger partial charge < -0.3 is 5.32 Å². The molecular weight excluding hydrogens is 210 g/mol. The maximum absolute atomic E-state index is 11.5. The highest BCUT2D eigenvalue weighted by molar-refractivity contribution is 7.08. The zero-order valence-corrected chi connectivity index (χ0v) is 8.70. The molecule has 2 aromatic heterocycles. The van der Waals surface area contributed by atoms with E-state index in [2.05, 4.69) is 14.7 Å². The molecule has 15 heavy (non-hydrogen) atoms. The third-order valence-electron chi connectivity index (χ3n) is 1.84. The van der Waals surface area contributed by atoms with E-state index in [1.54, 1.807) is 24.7 Å². The lowest BCUT2D eigenvalue weighted by Crippen LogP contribution is -2.21.